The Morgan fingerprint density at radius 2 is 1.76 bits per heavy atom. The molecule has 1 N–H and O–H groups in total. The fourth-order valence-electron chi connectivity index (χ4n) is 3.87. The lowest BCUT2D eigenvalue weighted by Gasteiger charge is -2.15. The number of carbonyl (C=O) groups is 1. The van der Waals surface area contributed by atoms with Crippen LogP contribution in [0.25, 0.3) is 22.6 Å². The van der Waals surface area contributed by atoms with Crippen LogP contribution < -0.4 is 5.32 Å². The number of carbonyl (C=O) groups excluding carboxylic acids is 1. The van der Waals surface area contributed by atoms with Crippen LogP contribution in [0.4, 0.5) is 5.82 Å². The van der Waals surface area contributed by atoms with E-state index in [1.54, 1.807) is 31.0 Å². The standard InChI is InChI=1S/C25H24N8O/c1-16(2)32-15-28-31-24(32)19-10-7-11-23(29-19)30-25(34)20-12-22-21(13-26-20)27-14-33(22)17(3)18-8-5-4-6-9-18/h4-17H,1-3H3,(H,29,30,34). The molecule has 1 unspecified atom stereocenters. The number of nitrogens with zero attached hydrogens (tertiary/aromatic N) is 7. The number of benzene rings is 1. The van der Waals surface area contributed by atoms with Gasteiger partial charge in [-0.25, -0.2) is 15.0 Å². The summed E-state index contributed by atoms with van der Waals surface area (Å²) in [6.07, 6.45) is 5.07. The summed E-state index contributed by atoms with van der Waals surface area (Å²) in [5.74, 6) is 0.704. The summed E-state index contributed by atoms with van der Waals surface area (Å²) in [4.78, 5) is 26.4. The van der Waals surface area contributed by atoms with E-state index in [9.17, 15) is 4.79 Å². The van der Waals surface area contributed by atoms with Crippen LogP contribution in [0.3, 0.4) is 0 Å². The van der Waals surface area contributed by atoms with E-state index in [4.69, 9.17) is 0 Å². The smallest absolute Gasteiger partial charge is 0.275 e. The van der Waals surface area contributed by atoms with Crippen LogP contribution >= 0.6 is 0 Å². The highest BCUT2D eigenvalue weighted by Crippen LogP contribution is 2.24. The van der Waals surface area contributed by atoms with Gasteiger partial charge in [-0.05, 0) is 44.5 Å². The van der Waals surface area contributed by atoms with Crippen LogP contribution in [0, 0.1) is 0 Å². The molecular formula is C25H24N8O. The monoisotopic (exact) mass is 452 g/mol. The second kappa shape index (κ2) is 8.86. The van der Waals surface area contributed by atoms with Crippen LogP contribution in [0.2, 0.25) is 0 Å². The van der Waals surface area contributed by atoms with Crippen molar-refractivity contribution in [2.45, 2.75) is 32.9 Å². The van der Waals surface area contributed by atoms with Crippen LogP contribution in [0.15, 0.2) is 73.4 Å². The highest BCUT2D eigenvalue weighted by molar-refractivity contribution is 6.03. The molecule has 0 aliphatic heterocycles. The molecule has 0 radical (unpaired) electrons. The molecule has 1 amide bonds. The van der Waals surface area contributed by atoms with Crippen molar-refractivity contribution >= 4 is 22.8 Å². The Balaban J connectivity index is 1.42. The maximum absolute atomic E-state index is 13.0. The molecule has 9 heteroatoms. The van der Waals surface area contributed by atoms with E-state index in [1.807, 2.05) is 53.3 Å². The van der Waals surface area contributed by atoms with Crippen molar-refractivity contribution in [2.75, 3.05) is 5.32 Å². The van der Waals surface area contributed by atoms with Gasteiger partial charge in [0.25, 0.3) is 5.91 Å². The molecule has 0 fully saturated rings. The van der Waals surface area contributed by atoms with Gasteiger partial charge in [-0.15, -0.1) is 10.2 Å². The number of hydrogen-bond acceptors (Lipinski definition) is 6. The van der Waals surface area contributed by atoms with E-state index in [0.29, 0.717) is 17.3 Å². The fourth-order valence-corrected chi connectivity index (χ4v) is 3.87. The van der Waals surface area contributed by atoms with Crippen molar-refractivity contribution in [3.05, 3.63) is 84.7 Å². The van der Waals surface area contributed by atoms with Gasteiger partial charge in [0.2, 0.25) is 0 Å². The Hall–Kier alpha value is -4.40. The van der Waals surface area contributed by atoms with Crippen LogP contribution in [-0.2, 0) is 0 Å². The Morgan fingerprint density at radius 3 is 2.56 bits per heavy atom. The second-order valence-corrected chi connectivity index (χ2v) is 8.31. The highest BCUT2D eigenvalue weighted by Gasteiger charge is 2.17. The predicted molar refractivity (Wildman–Crippen MR) is 129 cm³/mol. The van der Waals surface area contributed by atoms with E-state index >= 15 is 0 Å². The van der Waals surface area contributed by atoms with E-state index in [1.165, 1.54) is 0 Å². The minimum Gasteiger partial charge on any atom is -0.323 e. The number of hydrogen-bond donors (Lipinski definition) is 1. The normalized spacial score (nSPS) is 12.2. The van der Waals surface area contributed by atoms with Gasteiger partial charge in [-0.3, -0.25) is 4.79 Å². The molecule has 1 aromatic carbocycles. The van der Waals surface area contributed by atoms with Crippen molar-refractivity contribution in [3.8, 4) is 11.5 Å². The zero-order valence-electron chi connectivity index (χ0n) is 19.1. The molecule has 170 valence electrons. The fraction of sp³-hybridized carbons (Fsp3) is 0.200. The second-order valence-electron chi connectivity index (χ2n) is 8.31. The number of rotatable bonds is 6. The zero-order chi connectivity index (χ0) is 23.7. The van der Waals surface area contributed by atoms with Gasteiger partial charge in [-0.2, -0.15) is 0 Å². The number of nitrogens with one attached hydrogen (secondary N) is 1. The molecule has 0 bridgehead atoms. The maximum Gasteiger partial charge on any atom is 0.275 e. The van der Waals surface area contributed by atoms with Gasteiger partial charge >= 0.3 is 0 Å². The first-order valence-electron chi connectivity index (χ1n) is 11.1. The van der Waals surface area contributed by atoms with Crippen molar-refractivity contribution < 1.29 is 4.79 Å². The molecule has 0 aliphatic carbocycles. The summed E-state index contributed by atoms with van der Waals surface area (Å²) in [7, 11) is 0. The Kier molecular flexibility index (Phi) is 5.59. The molecule has 5 aromatic rings. The van der Waals surface area contributed by atoms with Crippen LogP contribution in [-0.4, -0.2) is 40.2 Å². The topological polar surface area (TPSA) is 103 Å². The number of amides is 1. The average Bonchev–Trinajstić information content (AvgIpc) is 3.51. The summed E-state index contributed by atoms with van der Waals surface area (Å²) < 4.78 is 3.97. The highest BCUT2D eigenvalue weighted by atomic mass is 16.1. The lowest BCUT2D eigenvalue weighted by Crippen LogP contribution is -2.15. The SMILES string of the molecule is CC(C)n1cnnc1-c1cccc(NC(=O)c2cc3c(cn2)ncn3C(C)c2ccccc2)n1. The zero-order valence-corrected chi connectivity index (χ0v) is 19.1. The third-order valence-corrected chi connectivity index (χ3v) is 5.74. The number of imidazole rings is 1. The van der Waals surface area contributed by atoms with E-state index in [-0.39, 0.29) is 23.7 Å². The van der Waals surface area contributed by atoms with Crippen LogP contribution in [0.1, 0.15) is 48.9 Å². The Bertz CT molecular complexity index is 1450. The molecule has 0 saturated heterocycles. The first-order valence-corrected chi connectivity index (χ1v) is 11.1. The van der Waals surface area contributed by atoms with Gasteiger partial charge in [-0.1, -0.05) is 36.4 Å². The molecular weight excluding hydrogens is 428 g/mol. The minimum atomic E-state index is -0.350. The van der Waals surface area contributed by atoms with Crippen LogP contribution in [0.5, 0.6) is 0 Å². The average molecular weight is 453 g/mol. The molecule has 9 nitrogen and oxygen atoms in total. The predicted octanol–water partition coefficient (Wildman–Crippen LogP) is 4.53. The van der Waals surface area contributed by atoms with Gasteiger partial charge in [0.15, 0.2) is 5.82 Å². The molecule has 0 spiro atoms. The Labute approximate surface area is 196 Å². The largest absolute Gasteiger partial charge is 0.323 e. The third-order valence-electron chi connectivity index (χ3n) is 5.74. The van der Waals surface area contributed by atoms with Crippen molar-refractivity contribution in [1.82, 2.24) is 34.3 Å². The Morgan fingerprint density at radius 1 is 0.941 bits per heavy atom. The molecule has 34 heavy (non-hydrogen) atoms. The minimum absolute atomic E-state index is 0.0566. The number of fused-ring (bicyclic) bond motifs is 1. The molecule has 0 aliphatic rings. The summed E-state index contributed by atoms with van der Waals surface area (Å²) >= 11 is 0. The number of pyridine rings is 2. The molecule has 4 heterocycles. The van der Waals surface area contributed by atoms with Gasteiger partial charge in [0.05, 0.1) is 24.1 Å². The quantitative estimate of drug-likeness (QED) is 0.406. The number of aromatic nitrogens is 7. The van der Waals surface area contributed by atoms with Gasteiger partial charge in [0, 0.05) is 6.04 Å². The van der Waals surface area contributed by atoms with Crippen molar-refractivity contribution in [1.29, 1.82) is 0 Å². The summed E-state index contributed by atoms with van der Waals surface area (Å²) in [6, 6.07) is 17.6. The van der Waals surface area contributed by atoms with E-state index < -0.39 is 0 Å². The summed E-state index contributed by atoms with van der Waals surface area (Å²) in [5.41, 5.74) is 3.63. The molecule has 0 saturated carbocycles. The van der Waals surface area contributed by atoms with Gasteiger partial charge < -0.3 is 14.5 Å². The van der Waals surface area contributed by atoms with Gasteiger partial charge in [0.1, 0.15) is 29.0 Å². The van der Waals surface area contributed by atoms with E-state index in [2.05, 4.69) is 49.5 Å². The third kappa shape index (κ3) is 4.03. The van der Waals surface area contributed by atoms with Crippen molar-refractivity contribution in [3.63, 3.8) is 0 Å². The summed E-state index contributed by atoms with van der Waals surface area (Å²) in [6.45, 7) is 6.19. The molecule has 5 rings (SSSR count). The van der Waals surface area contributed by atoms with Crippen molar-refractivity contribution in [2.24, 2.45) is 0 Å². The number of anilines is 1. The molecule has 4 aromatic heterocycles. The molecule has 1 atom stereocenters. The van der Waals surface area contributed by atoms with E-state index in [0.717, 1.165) is 16.6 Å². The lowest BCUT2D eigenvalue weighted by molar-refractivity contribution is 0.102. The first-order chi connectivity index (χ1) is 16.5. The first kappa shape index (κ1) is 21.4. The lowest BCUT2D eigenvalue weighted by atomic mass is 10.1. The summed E-state index contributed by atoms with van der Waals surface area (Å²) in [5, 5.41) is 11.0. The maximum atomic E-state index is 13.0.